The summed E-state index contributed by atoms with van der Waals surface area (Å²) < 4.78 is 4.66. The van der Waals surface area contributed by atoms with Gasteiger partial charge >= 0.3 is 5.97 Å². The van der Waals surface area contributed by atoms with Crippen molar-refractivity contribution in [3.05, 3.63) is 58.6 Å². The number of methoxy groups -OCH3 is 1. The van der Waals surface area contributed by atoms with E-state index in [1.807, 2.05) is 6.07 Å². The Labute approximate surface area is 150 Å². The number of carbonyl (C=O) groups excluding carboxylic acids is 2. The highest BCUT2D eigenvalue weighted by molar-refractivity contribution is 6.33. The molecule has 2 N–H and O–H groups in total. The molecule has 0 aliphatic rings. The maximum atomic E-state index is 12.0. The summed E-state index contributed by atoms with van der Waals surface area (Å²) >= 11 is 6.08. The summed E-state index contributed by atoms with van der Waals surface area (Å²) in [5.74, 6) is -0.669. The molecule has 0 fully saturated rings. The molecule has 128 valence electrons. The maximum absolute atomic E-state index is 12.0. The number of nitrogens with one attached hydrogen (secondary N) is 2. The van der Waals surface area contributed by atoms with Gasteiger partial charge in [0.15, 0.2) is 0 Å². The molecule has 0 heterocycles. The number of carbonyl (C=O) groups is 2. The number of halogens is 1. The van der Waals surface area contributed by atoms with Gasteiger partial charge in [-0.3, -0.25) is 4.79 Å². The highest BCUT2D eigenvalue weighted by Crippen LogP contribution is 2.23. The molecule has 2 aromatic rings. The van der Waals surface area contributed by atoms with E-state index >= 15 is 0 Å². The van der Waals surface area contributed by atoms with E-state index in [1.165, 1.54) is 7.11 Å². The van der Waals surface area contributed by atoms with Crippen LogP contribution in [0, 0.1) is 11.3 Å². The first-order valence-corrected chi connectivity index (χ1v) is 7.83. The molecule has 25 heavy (non-hydrogen) atoms. The largest absolute Gasteiger partial charge is 0.465 e. The van der Waals surface area contributed by atoms with Crippen molar-refractivity contribution in [1.29, 1.82) is 5.26 Å². The van der Waals surface area contributed by atoms with Crippen molar-refractivity contribution in [3.63, 3.8) is 0 Å². The van der Waals surface area contributed by atoms with Gasteiger partial charge in [-0.05, 0) is 36.4 Å². The Morgan fingerprint density at radius 2 is 2.04 bits per heavy atom. The molecule has 0 aliphatic carbocycles. The Hall–Kier alpha value is -3.04. The van der Waals surface area contributed by atoms with E-state index in [0.29, 0.717) is 34.1 Å². The molecule has 0 aromatic heterocycles. The normalized spacial score (nSPS) is 9.80. The number of amides is 1. The summed E-state index contributed by atoms with van der Waals surface area (Å²) in [6, 6.07) is 13.4. The van der Waals surface area contributed by atoms with E-state index < -0.39 is 5.97 Å². The minimum atomic E-state index is -0.463. The number of ether oxygens (including phenoxy) is 1. The van der Waals surface area contributed by atoms with Gasteiger partial charge in [0.25, 0.3) is 0 Å². The van der Waals surface area contributed by atoms with E-state index in [-0.39, 0.29) is 12.3 Å². The minimum Gasteiger partial charge on any atom is -0.465 e. The Bertz CT molecular complexity index is 831. The van der Waals surface area contributed by atoms with Crippen LogP contribution in [0.1, 0.15) is 22.3 Å². The predicted octanol–water partition coefficient (Wildman–Crippen LogP) is 3.44. The quantitative estimate of drug-likeness (QED) is 0.773. The Balaban J connectivity index is 1.90. The predicted molar refractivity (Wildman–Crippen MR) is 95.7 cm³/mol. The third-order valence-corrected chi connectivity index (χ3v) is 3.66. The van der Waals surface area contributed by atoms with E-state index in [0.717, 1.165) is 0 Å². The third kappa shape index (κ3) is 5.23. The second kappa shape index (κ2) is 8.71. The van der Waals surface area contributed by atoms with Crippen molar-refractivity contribution in [1.82, 2.24) is 0 Å². The number of rotatable bonds is 6. The van der Waals surface area contributed by atoms with E-state index in [9.17, 15) is 9.59 Å². The second-order valence-electron chi connectivity index (χ2n) is 5.10. The summed E-state index contributed by atoms with van der Waals surface area (Å²) in [6.45, 7) is 0.328. The number of esters is 1. The molecule has 0 bridgehead atoms. The van der Waals surface area contributed by atoms with Crippen LogP contribution >= 0.6 is 11.6 Å². The molecule has 6 nitrogen and oxygen atoms in total. The van der Waals surface area contributed by atoms with Gasteiger partial charge in [-0.1, -0.05) is 17.7 Å². The fourth-order valence-electron chi connectivity index (χ4n) is 2.11. The molecule has 0 spiro atoms. The van der Waals surface area contributed by atoms with Gasteiger partial charge in [0.2, 0.25) is 5.91 Å². The first-order valence-electron chi connectivity index (χ1n) is 7.45. The van der Waals surface area contributed by atoms with Gasteiger partial charge in [0.1, 0.15) is 0 Å². The average molecular weight is 358 g/mol. The minimum absolute atomic E-state index is 0.190. The molecule has 1 amide bonds. The molecule has 0 aliphatic heterocycles. The highest BCUT2D eigenvalue weighted by Gasteiger charge is 2.09. The van der Waals surface area contributed by atoms with Gasteiger partial charge in [0, 0.05) is 18.7 Å². The lowest BCUT2D eigenvalue weighted by Gasteiger charge is -2.10. The molecule has 0 atom stereocenters. The fourth-order valence-corrected chi connectivity index (χ4v) is 2.29. The van der Waals surface area contributed by atoms with Crippen molar-refractivity contribution in [2.45, 2.75) is 6.42 Å². The lowest BCUT2D eigenvalue weighted by molar-refractivity contribution is -0.115. The maximum Gasteiger partial charge on any atom is 0.337 e. The topological polar surface area (TPSA) is 91.2 Å². The second-order valence-corrected chi connectivity index (χ2v) is 5.51. The number of nitrogens with zero attached hydrogens (tertiary/aromatic N) is 1. The number of anilines is 2. The molecular weight excluding hydrogens is 342 g/mol. The zero-order chi connectivity index (χ0) is 18.2. The van der Waals surface area contributed by atoms with Crippen LogP contribution in [0.3, 0.4) is 0 Å². The van der Waals surface area contributed by atoms with Crippen LogP contribution in [0.4, 0.5) is 11.4 Å². The third-order valence-electron chi connectivity index (χ3n) is 3.33. The zero-order valence-electron chi connectivity index (χ0n) is 13.5. The molecule has 2 aromatic carbocycles. The Morgan fingerprint density at radius 3 is 2.76 bits per heavy atom. The Kier molecular flexibility index (Phi) is 6.38. The van der Waals surface area contributed by atoms with Gasteiger partial charge in [-0.2, -0.15) is 5.26 Å². The number of nitriles is 1. The number of hydrogen-bond acceptors (Lipinski definition) is 5. The first-order chi connectivity index (χ1) is 12.0. The molecular formula is C18H16ClN3O3. The van der Waals surface area contributed by atoms with Crippen LogP contribution in [0.25, 0.3) is 0 Å². The zero-order valence-corrected chi connectivity index (χ0v) is 14.3. The molecule has 0 saturated carbocycles. The lowest BCUT2D eigenvalue weighted by Crippen LogP contribution is -2.16. The van der Waals surface area contributed by atoms with Crippen LogP contribution in [0.5, 0.6) is 0 Å². The first kappa shape index (κ1) is 18.3. The summed E-state index contributed by atoms with van der Waals surface area (Å²) in [7, 11) is 1.30. The van der Waals surface area contributed by atoms with Gasteiger partial charge in [0.05, 0.1) is 35.0 Å². The molecule has 2 rings (SSSR count). The standard InChI is InChI=1S/C18H16ClN3O3/c1-25-18(24)13-5-6-15(19)16(10-13)21-8-7-17(23)22-14-4-2-3-12(9-14)11-20/h2-6,9-10,21H,7-8H2,1H3,(H,22,23). The van der Waals surface area contributed by atoms with E-state index in [4.69, 9.17) is 16.9 Å². The van der Waals surface area contributed by atoms with Crippen LogP contribution in [-0.4, -0.2) is 25.5 Å². The van der Waals surface area contributed by atoms with Crippen molar-refractivity contribution < 1.29 is 14.3 Å². The highest BCUT2D eigenvalue weighted by atomic mass is 35.5. The molecule has 0 unspecified atom stereocenters. The molecule has 0 radical (unpaired) electrons. The van der Waals surface area contributed by atoms with E-state index in [2.05, 4.69) is 15.4 Å². The molecule has 0 saturated heterocycles. The van der Waals surface area contributed by atoms with Crippen molar-refractivity contribution in [2.24, 2.45) is 0 Å². The summed E-state index contributed by atoms with van der Waals surface area (Å²) in [6.07, 6.45) is 0.190. The number of hydrogen-bond donors (Lipinski definition) is 2. The SMILES string of the molecule is COC(=O)c1ccc(Cl)c(NCCC(=O)Nc2cccc(C#N)c2)c1. The van der Waals surface area contributed by atoms with Crippen molar-refractivity contribution >= 4 is 34.9 Å². The fraction of sp³-hybridized carbons (Fsp3) is 0.167. The summed E-state index contributed by atoms with van der Waals surface area (Å²) in [4.78, 5) is 23.5. The van der Waals surface area contributed by atoms with Crippen LogP contribution in [-0.2, 0) is 9.53 Å². The smallest absolute Gasteiger partial charge is 0.337 e. The van der Waals surface area contributed by atoms with Gasteiger partial charge in [-0.15, -0.1) is 0 Å². The van der Waals surface area contributed by atoms with Gasteiger partial charge in [-0.25, -0.2) is 4.79 Å². The molecule has 7 heteroatoms. The number of benzene rings is 2. The average Bonchev–Trinajstić information content (AvgIpc) is 2.62. The Morgan fingerprint density at radius 1 is 1.24 bits per heavy atom. The van der Waals surface area contributed by atoms with Crippen LogP contribution < -0.4 is 10.6 Å². The van der Waals surface area contributed by atoms with Crippen LogP contribution in [0.2, 0.25) is 5.02 Å². The monoisotopic (exact) mass is 357 g/mol. The van der Waals surface area contributed by atoms with Gasteiger partial charge < -0.3 is 15.4 Å². The summed E-state index contributed by atoms with van der Waals surface area (Å²) in [5, 5.41) is 15.0. The summed E-state index contributed by atoms with van der Waals surface area (Å²) in [5.41, 5.74) is 1.95. The lowest BCUT2D eigenvalue weighted by atomic mass is 10.2. The van der Waals surface area contributed by atoms with Crippen molar-refractivity contribution in [3.8, 4) is 6.07 Å². The van der Waals surface area contributed by atoms with E-state index in [1.54, 1.807) is 42.5 Å². The van der Waals surface area contributed by atoms with Crippen LogP contribution in [0.15, 0.2) is 42.5 Å². The van der Waals surface area contributed by atoms with Crippen molar-refractivity contribution in [2.75, 3.05) is 24.3 Å².